The van der Waals surface area contributed by atoms with Crippen LogP contribution in [-0.4, -0.2) is 28.1 Å². The molecule has 6 heteroatoms. The molecule has 0 bridgehead atoms. The quantitative estimate of drug-likeness (QED) is 0.460. The summed E-state index contributed by atoms with van der Waals surface area (Å²) in [5, 5.41) is 1.90. The molecule has 0 atom stereocenters. The van der Waals surface area contributed by atoms with Gasteiger partial charge in [0.25, 0.3) is 10.1 Å². The Bertz CT molecular complexity index is 855. The topological polar surface area (TPSA) is 61.3 Å². The Hall–Kier alpha value is -2.86. The van der Waals surface area contributed by atoms with Crippen molar-refractivity contribution in [3.8, 4) is 5.75 Å². The van der Waals surface area contributed by atoms with E-state index >= 15 is 0 Å². The number of hydrogen-bond donors (Lipinski definition) is 0. The Morgan fingerprint density at radius 1 is 0.893 bits per heavy atom. The lowest BCUT2D eigenvalue weighted by Crippen LogP contribution is -2.27. The van der Waals surface area contributed by atoms with Crippen LogP contribution >= 0.6 is 0 Å². The van der Waals surface area contributed by atoms with Crippen LogP contribution in [-0.2, 0) is 20.4 Å². The summed E-state index contributed by atoms with van der Waals surface area (Å²) in [6, 6.07) is 19.4. The molecular formula is C22H23N2O3S+. The van der Waals surface area contributed by atoms with E-state index in [1.165, 1.54) is 0 Å². The van der Waals surface area contributed by atoms with Crippen molar-refractivity contribution in [2.75, 3.05) is 6.61 Å². The third kappa shape index (κ3) is 5.57. The lowest BCUT2D eigenvalue weighted by Gasteiger charge is -2.19. The summed E-state index contributed by atoms with van der Waals surface area (Å²) >= 11 is 0. The summed E-state index contributed by atoms with van der Waals surface area (Å²) in [7, 11) is -0.418. The van der Waals surface area contributed by atoms with Gasteiger partial charge >= 0.3 is 5.97 Å². The number of aromatic nitrogens is 2. The van der Waals surface area contributed by atoms with Crippen LogP contribution in [0.15, 0.2) is 88.0 Å². The summed E-state index contributed by atoms with van der Waals surface area (Å²) in [6.45, 7) is 5.37. The van der Waals surface area contributed by atoms with Gasteiger partial charge in [0.2, 0.25) is 0 Å². The number of esters is 1. The van der Waals surface area contributed by atoms with Crippen LogP contribution in [0, 0.1) is 0 Å². The first-order chi connectivity index (χ1) is 13.4. The van der Waals surface area contributed by atoms with Gasteiger partial charge in [-0.1, -0.05) is 12.1 Å². The van der Waals surface area contributed by atoms with E-state index in [-0.39, 0.29) is 6.61 Å². The molecule has 3 aromatic rings. The molecule has 0 fully saturated rings. The minimum Gasteiger partial charge on any atom is -0.482 e. The molecule has 0 saturated carbocycles. The van der Waals surface area contributed by atoms with Crippen LogP contribution in [0.2, 0.25) is 0 Å². The molecule has 0 amide bonds. The van der Waals surface area contributed by atoms with Crippen LogP contribution in [0.25, 0.3) is 0 Å². The molecule has 144 valence electrons. The highest BCUT2D eigenvalue weighted by molar-refractivity contribution is 7.96. The third-order valence-corrected chi connectivity index (χ3v) is 5.59. The lowest BCUT2D eigenvalue weighted by atomic mass is 10.2. The predicted octanol–water partition coefficient (Wildman–Crippen LogP) is 4.29. The molecule has 2 heterocycles. The summed E-state index contributed by atoms with van der Waals surface area (Å²) < 4.78 is 10.8. The third-order valence-electron chi connectivity index (χ3n) is 3.53. The highest BCUT2D eigenvalue weighted by atomic mass is 32.2. The largest absolute Gasteiger partial charge is 0.482 e. The zero-order valence-corrected chi connectivity index (χ0v) is 17.0. The maximum absolute atomic E-state index is 11.8. The highest BCUT2D eigenvalue weighted by Crippen LogP contribution is 2.29. The minimum absolute atomic E-state index is 0.122. The fourth-order valence-corrected chi connectivity index (χ4v) is 4.34. The first-order valence-corrected chi connectivity index (χ1v) is 10.2. The van der Waals surface area contributed by atoms with Crippen molar-refractivity contribution in [3.05, 3.63) is 73.1 Å². The van der Waals surface area contributed by atoms with Gasteiger partial charge < -0.3 is 9.47 Å². The molecule has 0 N–H and O–H groups in total. The molecule has 0 radical (unpaired) electrons. The molecule has 0 spiro atoms. The Balaban J connectivity index is 1.77. The van der Waals surface area contributed by atoms with Crippen LogP contribution in [0.1, 0.15) is 20.8 Å². The van der Waals surface area contributed by atoms with Crippen molar-refractivity contribution in [1.29, 1.82) is 0 Å². The van der Waals surface area contributed by atoms with Crippen LogP contribution in [0.5, 0.6) is 5.75 Å². The molecular weight excluding hydrogens is 372 g/mol. The van der Waals surface area contributed by atoms with E-state index in [9.17, 15) is 4.79 Å². The maximum Gasteiger partial charge on any atom is 0.344 e. The molecule has 0 unspecified atom stereocenters. The lowest BCUT2D eigenvalue weighted by molar-refractivity contribution is -0.157. The molecule has 28 heavy (non-hydrogen) atoms. The Labute approximate surface area is 168 Å². The van der Waals surface area contributed by atoms with E-state index in [4.69, 9.17) is 9.47 Å². The van der Waals surface area contributed by atoms with E-state index in [2.05, 4.69) is 9.97 Å². The van der Waals surface area contributed by atoms with E-state index in [0.29, 0.717) is 5.75 Å². The Kier molecular flexibility index (Phi) is 6.31. The molecule has 0 saturated heterocycles. The van der Waals surface area contributed by atoms with Crippen molar-refractivity contribution in [2.45, 2.75) is 41.3 Å². The number of carbonyl (C=O) groups is 1. The van der Waals surface area contributed by atoms with Gasteiger partial charge in [-0.25, -0.2) is 14.8 Å². The Morgan fingerprint density at radius 3 is 1.93 bits per heavy atom. The molecule has 2 aromatic heterocycles. The van der Waals surface area contributed by atoms with Crippen LogP contribution in [0.3, 0.4) is 0 Å². The fourth-order valence-electron chi connectivity index (χ4n) is 2.47. The van der Waals surface area contributed by atoms with Gasteiger partial charge in [0.05, 0.1) is 0 Å². The van der Waals surface area contributed by atoms with E-state index in [0.717, 1.165) is 14.9 Å². The van der Waals surface area contributed by atoms with E-state index in [1.807, 2.05) is 81.4 Å². The first-order valence-electron chi connectivity index (χ1n) is 8.93. The Morgan fingerprint density at radius 2 is 1.46 bits per heavy atom. The second-order valence-electron chi connectivity index (χ2n) is 6.99. The molecule has 3 rings (SSSR count). The summed E-state index contributed by atoms with van der Waals surface area (Å²) in [5.74, 6) is 0.221. The van der Waals surface area contributed by atoms with Crippen LogP contribution < -0.4 is 4.74 Å². The summed E-state index contributed by atoms with van der Waals surface area (Å²) in [4.78, 5) is 21.9. The van der Waals surface area contributed by atoms with E-state index < -0.39 is 22.5 Å². The van der Waals surface area contributed by atoms with Gasteiger partial charge in [0.1, 0.15) is 22.2 Å². The zero-order chi connectivity index (χ0) is 20.0. The predicted molar refractivity (Wildman–Crippen MR) is 108 cm³/mol. The van der Waals surface area contributed by atoms with Gasteiger partial charge in [0.15, 0.2) is 11.5 Å². The SMILES string of the molecule is CC(C)(C)OC(=O)COc1ccc([S+](c2ccccn2)c2ccccn2)cc1. The highest BCUT2D eigenvalue weighted by Gasteiger charge is 2.31. The van der Waals surface area contributed by atoms with Crippen molar-refractivity contribution in [2.24, 2.45) is 0 Å². The fraction of sp³-hybridized carbons (Fsp3) is 0.227. The molecule has 0 aliphatic heterocycles. The monoisotopic (exact) mass is 395 g/mol. The first kappa shape index (κ1) is 19.9. The van der Waals surface area contributed by atoms with Gasteiger partial charge in [-0.05, 0) is 57.2 Å². The number of carbonyl (C=O) groups excluding carboxylic acids is 1. The van der Waals surface area contributed by atoms with E-state index in [1.54, 1.807) is 12.4 Å². The number of rotatable bonds is 6. The summed E-state index contributed by atoms with van der Waals surface area (Å²) in [6.07, 6.45) is 3.58. The van der Waals surface area contributed by atoms with Crippen LogP contribution in [0.4, 0.5) is 0 Å². The van der Waals surface area contributed by atoms with Gasteiger partial charge in [0, 0.05) is 24.5 Å². The van der Waals surface area contributed by atoms with Crippen molar-refractivity contribution in [3.63, 3.8) is 0 Å². The number of benzene rings is 1. The minimum atomic E-state index is -0.524. The average Bonchev–Trinajstić information content (AvgIpc) is 2.68. The number of ether oxygens (including phenoxy) is 2. The second-order valence-corrected chi connectivity index (χ2v) is 8.91. The average molecular weight is 396 g/mol. The molecule has 1 aromatic carbocycles. The van der Waals surface area contributed by atoms with Crippen molar-refractivity contribution >= 4 is 16.9 Å². The zero-order valence-electron chi connectivity index (χ0n) is 16.2. The second kappa shape index (κ2) is 8.89. The molecule has 5 nitrogen and oxygen atoms in total. The van der Waals surface area contributed by atoms with Gasteiger partial charge in [-0.15, -0.1) is 0 Å². The number of hydrogen-bond acceptors (Lipinski definition) is 5. The van der Waals surface area contributed by atoms with Gasteiger partial charge in [-0.2, -0.15) is 0 Å². The normalized spacial score (nSPS) is 11.3. The smallest absolute Gasteiger partial charge is 0.344 e. The number of pyridine rings is 2. The van der Waals surface area contributed by atoms with Crippen molar-refractivity contribution < 1.29 is 14.3 Å². The number of nitrogens with zero attached hydrogens (tertiary/aromatic N) is 2. The maximum atomic E-state index is 11.8. The standard InChI is InChI=1S/C22H23N2O3S/c1-22(2,3)27-21(25)16-26-17-10-12-18(13-11-17)28(19-8-4-6-14-23-19)20-9-5-7-15-24-20/h4-15H,16H2,1-3H3/q+1. The van der Waals surface area contributed by atoms with Gasteiger partial charge in [-0.3, -0.25) is 0 Å². The molecule has 0 aliphatic carbocycles. The molecule has 0 aliphatic rings. The summed E-state index contributed by atoms with van der Waals surface area (Å²) in [5.41, 5.74) is -0.524. The van der Waals surface area contributed by atoms with Crippen molar-refractivity contribution in [1.82, 2.24) is 9.97 Å².